The van der Waals surface area contributed by atoms with Crippen molar-refractivity contribution in [3.8, 4) is 0 Å². The van der Waals surface area contributed by atoms with Crippen LogP contribution >= 0.6 is 11.3 Å². The van der Waals surface area contributed by atoms with E-state index in [0.717, 1.165) is 16.1 Å². The Morgan fingerprint density at radius 3 is 3.00 bits per heavy atom. The summed E-state index contributed by atoms with van der Waals surface area (Å²) in [6.45, 7) is 2.62. The lowest BCUT2D eigenvalue weighted by Gasteiger charge is -2.14. The first-order chi connectivity index (χ1) is 10.7. The molecule has 112 valence electrons. The van der Waals surface area contributed by atoms with E-state index in [-0.39, 0.29) is 11.8 Å². The standard InChI is InChI=1S/C17H16N2O2S/c1-2-19-15-7-5-13(10-12(15)11-17(19)21)18-16(20)8-6-14-4-3-9-22-14/h3-10H,2,11H2,1H3,(H,18,20)/b8-6+. The molecule has 0 spiro atoms. The molecule has 4 nitrogen and oxygen atoms in total. The van der Waals surface area contributed by atoms with Crippen molar-refractivity contribution in [1.82, 2.24) is 0 Å². The number of nitrogens with one attached hydrogen (secondary N) is 1. The molecule has 1 aromatic heterocycles. The molecular weight excluding hydrogens is 296 g/mol. The minimum Gasteiger partial charge on any atom is -0.323 e. The number of carbonyl (C=O) groups excluding carboxylic acids is 2. The number of thiophene rings is 1. The summed E-state index contributed by atoms with van der Waals surface area (Å²) in [5, 5.41) is 4.80. The number of nitrogens with zero attached hydrogens (tertiary/aromatic N) is 1. The van der Waals surface area contributed by atoms with Gasteiger partial charge in [-0.25, -0.2) is 0 Å². The highest BCUT2D eigenvalue weighted by molar-refractivity contribution is 7.10. The van der Waals surface area contributed by atoms with Crippen molar-refractivity contribution in [3.63, 3.8) is 0 Å². The summed E-state index contributed by atoms with van der Waals surface area (Å²) in [4.78, 5) is 26.6. The van der Waals surface area contributed by atoms with Crippen molar-refractivity contribution in [1.29, 1.82) is 0 Å². The van der Waals surface area contributed by atoms with Crippen molar-refractivity contribution < 1.29 is 9.59 Å². The predicted octanol–water partition coefficient (Wildman–Crippen LogP) is 3.31. The normalized spacial score (nSPS) is 13.7. The molecule has 2 amide bonds. The van der Waals surface area contributed by atoms with E-state index in [1.807, 2.05) is 42.6 Å². The second kappa shape index (κ2) is 6.15. The third-order valence-corrected chi connectivity index (χ3v) is 4.38. The van der Waals surface area contributed by atoms with Gasteiger partial charge in [0.1, 0.15) is 0 Å². The van der Waals surface area contributed by atoms with Gasteiger partial charge in [-0.1, -0.05) is 6.07 Å². The van der Waals surface area contributed by atoms with E-state index in [0.29, 0.717) is 18.7 Å². The fourth-order valence-electron chi connectivity index (χ4n) is 2.54. The SMILES string of the molecule is CCN1C(=O)Cc2cc(NC(=O)/C=C/c3cccs3)ccc21. The van der Waals surface area contributed by atoms with E-state index in [1.165, 1.54) is 6.08 Å². The maximum atomic E-state index is 11.9. The molecule has 3 rings (SSSR count). The third kappa shape index (κ3) is 2.94. The predicted molar refractivity (Wildman–Crippen MR) is 90.2 cm³/mol. The summed E-state index contributed by atoms with van der Waals surface area (Å²) in [5.41, 5.74) is 2.62. The van der Waals surface area contributed by atoms with Crippen molar-refractivity contribution in [2.45, 2.75) is 13.3 Å². The molecular formula is C17H16N2O2S. The first-order valence-corrected chi connectivity index (χ1v) is 8.01. The molecule has 0 saturated carbocycles. The number of fused-ring (bicyclic) bond motifs is 1. The van der Waals surface area contributed by atoms with Crippen molar-refractivity contribution in [2.75, 3.05) is 16.8 Å². The average Bonchev–Trinajstić information content (AvgIpc) is 3.11. The first kappa shape index (κ1) is 14.5. The van der Waals surface area contributed by atoms with Gasteiger partial charge in [0.15, 0.2) is 0 Å². The lowest BCUT2D eigenvalue weighted by atomic mass is 10.1. The maximum absolute atomic E-state index is 11.9. The van der Waals surface area contributed by atoms with Gasteiger partial charge in [0.25, 0.3) is 0 Å². The molecule has 0 saturated heterocycles. The highest BCUT2D eigenvalue weighted by Gasteiger charge is 2.25. The van der Waals surface area contributed by atoms with Gasteiger partial charge in [-0.2, -0.15) is 0 Å². The molecule has 2 heterocycles. The van der Waals surface area contributed by atoms with E-state index in [2.05, 4.69) is 5.32 Å². The molecule has 5 heteroatoms. The Kier molecular flexibility index (Phi) is 4.06. The molecule has 1 aliphatic rings. The van der Waals surface area contributed by atoms with Gasteiger partial charge in [0.2, 0.25) is 11.8 Å². The summed E-state index contributed by atoms with van der Waals surface area (Å²) >= 11 is 1.58. The number of carbonyl (C=O) groups is 2. The topological polar surface area (TPSA) is 49.4 Å². The number of hydrogen-bond donors (Lipinski definition) is 1. The fraction of sp³-hybridized carbons (Fsp3) is 0.176. The van der Waals surface area contributed by atoms with Crippen LogP contribution in [0, 0.1) is 0 Å². The van der Waals surface area contributed by atoms with E-state index in [9.17, 15) is 9.59 Å². The molecule has 0 atom stereocenters. The number of likely N-dealkylation sites (N-methyl/N-ethyl adjacent to an activating group) is 1. The second-order valence-electron chi connectivity index (χ2n) is 5.00. The number of hydrogen-bond acceptors (Lipinski definition) is 3. The van der Waals surface area contributed by atoms with Crippen LogP contribution in [0.2, 0.25) is 0 Å². The highest BCUT2D eigenvalue weighted by atomic mass is 32.1. The second-order valence-corrected chi connectivity index (χ2v) is 5.98. The van der Waals surface area contributed by atoms with E-state index in [4.69, 9.17) is 0 Å². The van der Waals surface area contributed by atoms with E-state index in [1.54, 1.807) is 22.3 Å². The number of benzene rings is 1. The molecule has 1 aliphatic heterocycles. The molecule has 2 aromatic rings. The lowest BCUT2D eigenvalue weighted by Crippen LogP contribution is -2.25. The molecule has 1 N–H and O–H groups in total. The smallest absolute Gasteiger partial charge is 0.248 e. The average molecular weight is 312 g/mol. The third-order valence-electron chi connectivity index (χ3n) is 3.54. The molecule has 22 heavy (non-hydrogen) atoms. The Balaban J connectivity index is 1.71. The molecule has 0 aliphatic carbocycles. The number of anilines is 2. The first-order valence-electron chi connectivity index (χ1n) is 7.13. The Bertz CT molecular complexity index is 735. The summed E-state index contributed by atoms with van der Waals surface area (Å²) in [7, 11) is 0. The fourth-order valence-corrected chi connectivity index (χ4v) is 3.15. The van der Waals surface area contributed by atoms with Crippen LogP contribution in [0.15, 0.2) is 41.8 Å². The van der Waals surface area contributed by atoms with E-state index >= 15 is 0 Å². The summed E-state index contributed by atoms with van der Waals surface area (Å²) in [5.74, 6) is -0.0661. The van der Waals surface area contributed by atoms with Crippen LogP contribution in [-0.4, -0.2) is 18.4 Å². The quantitative estimate of drug-likeness (QED) is 0.881. The zero-order chi connectivity index (χ0) is 15.5. The molecule has 0 unspecified atom stereocenters. The van der Waals surface area contributed by atoms with Crippen LogP contribution in [0.1, 0.15) is 17.4 Å². The van der Waals surface area contributed by atoms with Crippen LogP contribution in [-0.2, 0) is 16.0 Å². The monoisotopic (exact) mass is 312 g/mol. The Morgan fingerprint density at radius 2 is 2.27 bits per heavy atom. The Labute approximate surface area is 133 Å². The minimum atomic E-state index is -0.176. The van der Waals surface area contributed by atoms with Crippen molar-refractivity contribution in [2.24, 2.45) is 0 Å². The van der Waals surface area contributed by atoms with Gasteiger partial charge >= 0.3 is 0 Å². The van der Waals surface area contributed by atoms with Crippen molar-refractivity contribution >= 4 is 40.6 Å². The lowest BCUT2D eigenvalue weighted by molar-refractivity contribution is -0.117. The summed E-state index contributed by atoms with van der Waals surface area (Å²) in [6.07, 6.45) is 3.70. The van der Waals surface area contributed by atoms with Gasteiger partial charge in [-0.05, 0) is 48.2 Å². The van der Waals surface area contributed by atoms with E-state index < -0.39 is 0 Å². The Hall–Kier alpha value is -2.40. The maximum Gasteiger partial charge on any atom is 0.248 e. The van der Waals surface area contributed by atoms with Gasteiger partial charge in [-0.15, -0.1) is 11.3 Å². The van der Waals surface area contributed by atoms with Crippen LogP contribution in [0.25, 0.3) is 6.08 Å². The summed E-state index contributed by atoms with van der Waals surface area (Å²) in [6, 6.07) is 9.49. The number of rotatable bonds is 4. The van der Waals surface area contributed by atoms with Gasteiger partial charge < -0.3 is 10.2 Å². The van der Waals surface area contributed by atoms with Gasteiger partial charge in [0, 0.05) is 28.9 Å². The zero-order valence-electron chi connectivity index (χ0n) is 12.2. The minimum absolute atomic E-state index is 0.110. The molecule has 0 fully saturated rings. The van der Waals surface area contributed by atoms with Crippen molar-refractivity contribution in [3.05, 3.63) is 52.2 Å². The largest absolute Gasteiger partial charge is 0.323 e. The van der Waals surface area contributed by atoms with Gasteiger partial charge in [-0.3, -0.25) is 9.59 Å². The Morgan fingerprint density at radius 1 is 1.41 bits per heavy atom. The molecule has 1 aromatic carbocycles. The highest BCUT2D eigenvalue weighted by Crippen LogP contribution is 2.30. The summed E-state index contributed by atoms with van der Waals surface area (Å²) < 4.78 is 0. The van der Waals surface area contributed by atoms with Crippen LogP contribution in [0.4, 0.5) is 11.4 Å². The van der Waals surface area contributed by atoms with Crippen LogP contribution in [0.5, 0.6) is 0 Å². The molecule has 0 bridgehead atoms. The van der Waals surface area contributed by atoms with Gasteiger partial charge in [0.05, 0.1) is 6.42 Å². The zero-order valence-corrected chi connectivity index (χ0v) is 13.0. The molecule has 0 radical (unpaired) electrons. The van der Waals surface area contributed by atoms with Crippen LogP contribution < -0.4 is 10.2 Å². The number of amides is 2. The van der Waals surface area contributed by atoms with Crippen LogP contribution in [0.3, 0.4) is 0 Å².